The van der Waals surface area contributed by atoms with E-state index in [-0.39, 0.29) is 58.2 Å². The molecule has 1 unspecified atom stereocenters. The highest BCUT2D eigenvalue weighted by Gasteiger charge is 2.27. The van der Waals surface area contributed by atoms with Crippen molar-refractivity contribution in [2.24, 2.45) is 7.05 Å². The molecule has 258 valence electrons. The topological polar surface area (TPSA) is 126 Å². The molecule has 1 saturated heterocycles. The van der Waals surface area contributed by atoms with Crippen molar-refractivity contribution < 1.29 is 23.1 Å². The SMILES string of the molecule is COc1nc(-c2ccnc(-c3cccc(NC(=O)c4nc5c(n4C)CCN(CCCF)C5)c3Cl)c2Cl)cc(F)c1CNCC1CCC(=O)N1. The van der Waals surface area contributed by atoms with Crippen LogP contribution in [0.2, 0.25) is 10.0 Å². The molecule has 0 radical (unpaired) electrons. The van der Waals surface area contributed by atoms with E-state index in [0.717, 1.165) is 24.4 Å². The van der Waals surface area contributed by atoms with Gasteiger partial charge in [-0.15, -0.1) is 0 Å². The Morgan fingerprint density at radius 1 is 1.16 bits per heavy atom. The number of rotatable bonds is 12. The van der Waals surface area contributed by atoms with Gasteiger partial charge < -0.3 is 25.3 Å². The summed E-state index contributed by atoms with van der Waals surface area (Å²) in [5.74, 6) is -0.628. The lowest BCUT2D eigenvalue weighted by atomic mass is 10.0. The Balaban J connectivity index is 1.22. The van der Waals surface area contributed by atoms with Crippen molar-refractivity contribution in [1.29, 1.82) is 0 Å². The summed E-state index contributed by atoms with van der Waals surface area (Å²) in [6.45, 7) is 2.23. The standard InChI is InChI=1S/C34H36Cl2F2N8O3/c1-45-27-10-14-46(13-4-11-37)18-26(27)42-32(45)33(48)43-24-6-3-5-21(29(24)35)31-30(36)20(9-12-40-31)25-15-23(38)22(34(44-25)49-2)17-39-16-19-7-8-28(47)41-19/h3,5-6,9,12,15,19,39H,4,7-8,10-11,13-14,16-18H2,1-2H3,(H,41,47)(H,43,48). The molecule has 11 nitrogen and oxygen atoms in total. The van der Waals surface area contributed by atoms with Crippen molar-refractivity contribution in [2.75, 3.05) is 38.7 Å². The largest absolute Gasteiger partial charge is 0.481 e. The number of fused-ring (bicyclic) bond motifs is 1. The molecule has 3 aromatic heterocycles. The fraction of sp³-hybridized carbons (Fsp3) is 0.382. The summed E-state index contributed by atoms with van der Waals surface area (Å²) < 4.78 is 35.4. The molecular formula is C34H36Cl2F2N8O3. The first-order valence-corrected chi connectivity index (χ1v) is 16.7. The van der Waals surface area contributed by atoms with Crippen LogP contribution in [-0.2, 0) is 31.4 Å². The summed E-state index contributed by atoms with van der Waals surface area (Å²) >= 11 is 13.7. The number of amides is 2. The number of carbonyl (C=O) groups is 2. The van der Waals surface area contributed by atoms with E-state index in [2.05, 4.69) is 35.8 Å². The number of alkyl halides is 1. The number of aromatic nitrogens is 4. The molecule has 3 N–H and O–H groups in total. The predicted octanol–water partition coefficient (Wildman–Crippen LogP) is 5.34. The fourth-order valence-corrected chi connectivity index (χ4v) is 6.84. The fourth-order valence-electron chi connectivity index (χ4n) is 6.27. The van der Waals surface area contributed by atoms with Crippen LogP contribution in [0, 0.1) is 5.82 Å². The number of imidazole rings is 1. The summed E-state index contributed by atoms with van der Waals surface area (Å²) in [6.07, 6.45) is 3.89. The van der Waals surface area contributed by atoms with E-state index in [1.807, 2.05) is 0 Å². The average molecular weight is 714 g/mol. The first-order chi connectivity index (χ1) is 23.7. The number of nitrogens with one attached hydrogen (secondary N) is 3. The lowest BCUT2D eigenvalue weighted by molar-refractivity contribution is -0.119. The Morgan fingerprint density at radius 3 is 2.76 bits per heavy atom. The Morgan fingerprint density at radius 2 is 2.00 bits per heavy atom. The van der Waals surface area contributed by atoms with Gasteiger partial charge in [-0.25, -0.2) is 14.4 Å². The van der Waals surface area contributed by atoms with Crippen molar-refractivity contribution in [3.8, 4) is 28.4 Å². The maximum atomic E-state index is 15.5. The van der Waals surface area contributed by atoms with Gasteiger partial charge in [-0.3, -0.25) is 23.9 Å². The molecule has 0 aliphatic carbocycles. The number of hydrogen-bond donors (Lipinski definition) is 3. The number of benzene rings is 1. The summed E-state index contributed by atoms with van der Waals surface area (Å²) in [5, 5.41) is 9.29. The second-order valence-corrected chi connectivity index (χ2v) is 12.8. The normalized spacial score (nSPS) is 16.0. The molecule has 1 aromatic carbocycles. The Hall–Kier alpha value is -4.17. The van der Waals surface area contributed by atoms with Crippen molar-refractivity contribution in [3.05, 3.63) is 75.2 Å². The van der Waals surface area contributed by atoms with Gasteiger partial charge in [-0.05, 0) is 25.0 Å². The number of anilines is 1. The first kappa shape index (κ1) is 34.7. The molecule has 49 heavy (non-hydrogen) atoms. The summed E-state index contributed by atoms with van der Waals surface area (Å²) in [6, 6.07) is 8.00. The Bertz CT molecular complexity index is 1890. The van der Waals surface area contributed by atoms with E-state index < -0.39 is 11.7 Å². The molecule has 0 saturated carbocycles. The van der Waals surface area contributed by atoms with Gasteiger partial charge in [-0.2, -0.15) is 0 Å². The van der Waals surface area contributed by atoms with Crippen molar-refractivity contribution in [2.45, 2.75) is 44.8 Å². The lowest BCUT2D eigenvalue weighted by Crippen LogP contribution is -2.35. The maximum Gasteiger partial charge on any atom is 0.291 e. The van der Waals surface area contributed by atoms with Gasteiger partial charge in [0.05, 0.1) is 52.2 Å². The van der Waals surface area contributed by atoms with E-state index in [1.165, 1.54) is 19.4 Å². The monoisotopic (exact) mass is 712 g/mol. The molecule has 0 spiro atoms. The number of pyridine rings is 2. The minimum absolute atomic E-state index is 0.00667. The molecule has 15 heteroatoms. The number of ether oxygens (including phenoxy) is 1. The third kappa shape index (κ3) is 7.40. The second-order valence-electron chi connectivity index (χ2n) is 12.0. The van der Waals surface area contributed by atoms with Crippen molar-refractivity contribution in [1.82, 2.24) is 35.1 Å². The molecule has 1 atom stereocenters. The number of carbonyl (C=O) groups excluding carboxylic acids is 2. The van der Waals surface area contributed by atoms with Crippen LogP contribution in [0.1, 0.15) is 46.8 Å². The van der Waals surface area contributed by atoms with E-state index in [4.69, 9.17) is 27.9 Å². The number of halogens is 4. The molecule has 2 aliphatic rings. The molecular weight excluding hydrogens is 677 g/mol. The van der Waals surface area contributed by atoms with Gasteiger partial charge in [0, 0.05) is 87.7 Å². The van der Waals surface area contributed by atoms with Crippen LogP contribution in [0.3, 0.4) is 0 Å². The highest BCUT2D eigenvalue weighted by atomic mass is 35.5. The van der Waals surface area contributed by atoms with E-state index in [9.17, 15) is 14.0 Å². The Labute approximate surface area is 292 Å². The number of nitrogens with zero attached hydrogens (tertiary/aromatic N) is 5. The first-order valence-electron chi connectivity index (χ1n) is 16.0. The molecule has 1 fully saturated rings. The molecule has 2 amide bonds. The summed E-state index contributed by atoms with van der Waals surface area (Å²) in [5.41, 5.74) is 3.75. The smallest absolute Gasteiger partial charge is 0.291 e. The third-order valence-corrected chi connectivity index (χ3v) is 9.61. The van der Waals surface area contributed by atoms with Crippen LogP contribution in [0.25, 0.3) is 22.5 Å². The molecule has 2 aliphatic heterocycles. The maximum absolute atomic E-state index is 15.5. The third-order valence-electron chi connectivity index (χ3n) is 8.82. The molecule has 6 rings (SSSR count). The molecule has 4 aromatic rings. The highest BCUT2D eigenvalue weighted by Crippen LogP contribution is 2.40. The molecule has 5 heterocycles. The predicted molar refractivity (Wildman–Crippen MR) is 183 cm³/mol. The van der Waals surface area contributed by atoms with E-state index in [1.54, 1.807) is 35.9 Å². The van der Waals surface area contributed by atoms with Crippen LogP contribution in [0.15, 0.2) is 36.5 Å². The zero-order valence-electron chi connectivity index (χ0n) is 27.1. The minimum Gasteiger partial charge on any atom is -0.481 e. The van der Waals surface area contributed by atoms with Crippen LogP contribution < -0.4 is 20.7 Å². The van der Waals surface area contributed by atoms with Gasteiger partial charge in [0.2, 0.25) is 11.8 Å². The summed E-state index contributed by atoms with van der Waals surface area (Å²) in [7, 11) is 3.21. The van der Waals surface area contributed by atoms with Crippen LogP contribution in [-0.4, -0.2) is 75.7 Å². The minimum atomic E-state index is -0.537. The quantitative estimate of drug-likeness (QED) is 0.180. The van der Waals surface area contributed by atoms with Crippen LogP contribution in [0.4, 0.5) is 14.5 Å². The van der Waals surface area contributed by atoms with Gasteiger partial charge in [-0.1, -0.05) is 35.3 Å². The number of hydrogen-bond acceptors (Lipinski definition) is 8. The van der Waals surface area contributed by atoms with Crippen molar-refractivity contribution >= 4 is 40.7 Å². The van der Waals surface area contributed by atoms with Gasteiger partial charge in [0.1, 0.15) is 5.82 Å². The van der Waals surface area contributed by atoms with Gasteiger partial charge in [0.15, 0.2) is 5.82 Å². The zero-order chi connectivity index (χ0) is 34.7. The Kier molecular flexibility index (Phi) is 10.7. The number of methoxy groups -OCH3 is 1. The van der Waals surface area contributed by atoms with Crippen molar-refractivity contribution in [3.63, 3.8) is 0 Å². The molecule has 0 bridgehead atoms. The zero-order valence-corrected chi connectivity index (χ0v) is 28.6. The van der Waals surface area contributed by atoms with Gasteiger partial charge in [0.25, 0.3) is 5.91 Å². The average Bonchev–Trinajstić information content (AvgIpc) is 3.67. The summed E-state index contributed by atoms with van der Waals surface area (Å²) in [4.78, 5) is 40.7. The van der Waals surface area contributed by atoms with Gasteiger partial charge >= 0.3 is 0 Å². The van der Waals surface area contributed by atoms with Crippen LogP contribution in [0.5, 0.6) is 5.88 Å². The van der Waals surface area contributed by atoms with E-state index >= 15 is 4.39 Å². The highest BCUT2D eigenvalue weighted by molar-refractivity contribution is 6.39. The van der Waals surface area contributed by atoms with Crippen LogP contribution >= 0.6 is 23.2 Å². The second kappa shape index (κ2) is 15.2. The van der Waals surface area contributed by atoms with E-state index in [0.29, 0.717) is 61.4 Å². The lowest BCUT2D eigenvalue weighted by Gasteiger charge is -2.26.